The molecule has 1 N–H and O–H groups in total. The van der Waals surface area contributed by atoms with Crippen LogP contribution in [0.3, 0.4) is 0 Å². The fourth-order valence-electron chi connectivity index (χ4n) is 1.85. The van der Waals surface area contributed by atoms with Crippen LogP contribution in [-0.4, -0.2) is 0 Å². The van der Waals surface area contributed by atoms with Gasteiger partial charge in [0.25, 0.3) is 0 Å². The molecule has 2 rings (SSSR count). The maximum atomic E-state index is 3.49. The van der Waals surface area contributed by atoms with Gasteiger partial charge < -0.3 is 5.32 Å². The van der Waals surface area contributed by atoms with Crippen molar-refractivity contribution in [2.45, 2.75) is 26.9 Å². The van der Waals surface area contributed by atoms with E-state index in [0.717, 1.165) is 17.6 Å². The zero-order valence-electron chi connectivity index (χ0n) is 10.1. The molecule has 1 nitrogen and oxygen atoms in total. The lowest BCUT2D eigenvalue weighted by atomic mass is 10.2. The van der Waals surface area contributed by atoms with E-state index < -0.39 is 0 Å². The number of hydrogen-bond acceptors (Lipinski definition) is 2. The summed E-state index contributed by atoms with van der Waals surface area (Å²) < 4.78 is 1.14. The monoisotopic (exact) mass is 309 g/mol. The molecule has 0 bridgehead atoms. The standard InChI is InChI=1S/C14H16BrNS/c1-10-6-13(11(2)17-10)9-16-8-12-4-3-5-14(15)7-12/h3-7,16H,8-9H2,1-2H3. The molecule has 0 saturated heterocycles. The van der Waals surface area contributed by atoms with E-state index in [1.54, 1.807) is 0 Å². The first-order valence-corrected chi connectivity index (χ1v) is 7.27. The molecule has 0 saturated carbocycles. The molecule has 1 aromatic heterocycles. The second-order valence-corrected chi connectivity index (χ2v) is 6.55. The summed E-state index contributed by atoms with van der Waals surface area (Å²) in [4.78, 5) is 2.81. The van der Waals surface area contributed by atoms with Gasteiger partial charge in [-0.2, -0.15) is 0 Å². The van der Waals surface area contributed by atoms with Crippen molar-refractivity contribution in [3.8, 4) is 0 Å². The zero-order valence-corrected chi connectivity index (χ0v) is 12.5. The Hall–Kier alpha value is -0.640. The van der Waals surface area contributed by atoms with E-state index in [4.69, 9.17) is 0 Å². The van der Waals surface area contributed by atoms with Crippen molar-refractivity contribution in [1.82, 2.24) is 5.32 Å². The van der Waals surface area contributed by atoms with Crippen LogP contribution in [0.2, 0.25) is 0 Å². The van der Waals surface area contributed by atoms with Crippen molar-refractivity contribution in [3.05, 3.63) is 55.7 Å². The first kappa shape index (κ1) is 12.8. The zero-order chi connectivity index (χ0) is 12.3. The number of thiophene rings is 1. The average Bonchev–Trinajstić information content (AvgIpc) is 2.58. The van der Waals surface area contributed by atoms with Crippen molar-refractivity contribution in [1.29, 1.82) is 0 Å². The molecule has 0 spiro atoms. The van der Waals surface area contributed by atoms with Crippen molar-refractivity contribution >= 4 is 27.3 Å². The average molecular weight is 310 g/mol. The van der Waals surface area contributed by atoms with E-state index in [2.05, 4.69) is 65.4 Å². The number of benzene rings is 1. The minimum Gasteiger partial charge on any atom is -0.309 e. The number of halogens is 1. The van der Waals surface area contributed by atoms with Gasteiger partial charge in [0.2, 0.25) is 0 Å². The fourth-order valence-corrected chi connectivity index (χ4v) is 3.24. The summed E-state index contributed by atoms with van der Waals surface area (Å²) in [5.74, 6) is 0. The highest BCUT2D eigenvalue weighted by Gasteiger charge is 2.02. The van der Waals surface area contributed by atoms with Crippen LogP contribution >= 0.6 is 27.3 Å². The summed E-state index contributed by atoms with van der Waals surface area (Å²) in [7, 11) is 0. The predicted molar refractivity (Wildman–Crippen MR) is 78.5 cm³/mol. The maximum Gasteiger partial charge on any atom is 0.0219 e. The van der Waals surface area contributed by atoms with Gasteiger partial charge in [-0.15, -0.1) is 11.3 Å². The molecule has 0 atom stereocenters. The molecule has 0 unspecified atom stereocenters. The molecule has 90 valence electrons. The minimum absolute atomic E-state index is 0.910. The highest BCUT2D eigenvalue weighted by molar-refractivity contribution is 9.10. The molecule has 0 fully saturated rings. The van der Waals surface area contributed by atoms with Crippen molar-refractivity contribution in [2.24, 2.45) is 0 Å². The van der Waals surface area contributed by atoms with Crippen molar-refractivity contribution < 1.29 is 0 Å². The Morgan fingerprint density at radius 1 is 1.18 bits per heavy atom. The summed E-state index contributed by atoms with van der Waals surface area (Å²) in [5, 5.41) is 3.49. The first-order chi connectivity index (χ1) is 8.15. The molecule has 1 heterocycles. The second kappa shape index (κ2) is 5.80. The molecule has 17 heavy (non-hydrogen) atoms. The van der Waals surface area contributed by atoms with E-state index >= 15 is 0 Å². The highest BCUT2D eigenvalue weighted by atomic mass is 79.9. The van der Waals surface area contributed by atoms with E-state index in [1.165, 1.54) is 20.9 Å². The lowest BCUT2D eigenvalue weighted by Crippen LogP contribution is -2.12. The largest absolute Gasteiger partial charge is 0.309 e. The van der Waals surface area contributed by atoms with Crippen LogP contribution in [0.1, 0.15) is 20.9 Å². The van der Waals surface area contributed by atoms with Crippen LogP contribution in [0, 0.1) is 13.8 Å². The molecule has 3 heteroatoms. The van der Waals surface area contributed by atoms with E-state index in [9.17, 15) is 0 Å². The lowest BCUT2D eigenvalue weighted by molar-refractivity contribution is 0.692. The maximum absolute atomic E-state index is 3.49. The van der Waals surface area contributed by atoms with Crippen LogP contribution in [0.5, 0.6) is 0 Å². The van der Waals surface area contributed by atoms with E-state index in [-0.39, 0.29) is 0 Å². The Bertz CT molecular complexity index is 505. The van der Waals surface area contributed by atoms with Crippen LogP contribution < -0.4 is 5.32 Å². The summed E-state index contributed by atoms with van der Waals surface area (Å²) in [5.41, 5.74) is 2.73. The molecule has 0 aliphatic carbocycles. The van der Waals surface area contributed by atoms with Crippen LogP contribution in [0.4, 0.5) is 0 Å². The van der Waals surface area contributed by atoms with Gasteiger partial charge in [0.05, 0.1) is 0 Å². The number of nitrogens with one attached hydrogen (secondary N) is 1. The Morgan fingerprint density at radius 3 is 2.65 bits per heavy atom. The smallest absolute Gasteiger partial charge is 0.0219 e. The van der Waals surface area contributed by atoms with Gasteiger partial charge in [0.15, 0.2) is 0 Å². The number of hydrogen-bond donors (Lipinski definition) is 1. The highest BCUT2D eigenvalue weighted by Crippen LogP contribution is 2.20. The molecule has 0 radical (unpaired) electrons. The van der Waals surface area contributed by atoms with Gasteiger partial charge in [-0.3, -0.25) is 0 Å². The third-order valence-corrected chi connectivity index (χ3v) is 4.18. The minimum atomic E-state index is 0.910. The van der Waals surface area contributed by atoms with E-state index in [1.807, 2.05) is 11.3 Å². The van der Waals surface area contributed by atoms with Crippen LogP contribution in [0.25, 0.3) is 0 Å². The normalized spacial score (nSPS) is 10.8. The molecular weight excluding hydrogens is 294 g/mol. The Kier molecular flexibility index (Phi) is 4.37. The van der Waals surface area contributed by atoms with Gasteiger partial charge in [-0.1, -0.05) is 28.1 Å². The third-order valence-electron chi connectivity index (χ3n) is 2.68. The Morgan fingerprint density at radius 2 is 2.00 bits per heavy atom. The number of rotatable bonds is 4. The SMILES string of the molecule is Cc1cc(CNCc2cccc(Br)c2)c(C)s1. The van der Waals surface area contributed by atoms with Crippen molar-refractivity contribution in [2.75, 3.05) is 0 Å². The molecule has 0 aliphatic heterocycles. The van der Waals surface area contributed by atoms with Gasteiger partial charge >= 0.3 is 0 Å². The van der Waals surface area contributed by atoms with E-state index in [0.29, 0.717) is 0 Å². The molecule has 0 aliphatic rings. The van der Waals surface area contributed by atoms with Gasteiger partial charge in [-0.25, -0.2) is 0 Å². The summed E-state index contributed by atoms with van der Waals surface area (Å²) in [6, 6.07) is 10.7. The third kappa shape index (κ3) is 3.66. The van der Waals surface area contributed by atoms with Gasteiger partial charge in [0.1, 0.15) is 0 Å². The fraction of sp³-hybridized carbons (Fsp3) is 0.286. The molecule has 2 aromatic rings. The first-order valence-electron chi connectivity index (χ1n) is 5.66. The Balaban J connectivity index is 1.89. The molecule has 0 amide bonds. The summed E-state index contributed by atoms with van der Waals surface area (Å²) in [6.45, 7) is 6.21. The van der Waals surface area contributed by atoms with Gasteiger partial charge in [0, 0.05) is 27.3 Å². The van der Waals surface area contributed by atoms with Crippen molar-refractivity contribution in [3.63, 3.8) is 0 Å². The summed E-state index contributed by atoms with van der Waals surface area (Å²) in [6.07, 6.45) is 0. The van der Waals surface area contributed by atoms with Crippen LogP contribution in [0.15, 0.2) is 34.8 Å². The summed E-state index contributed by atoms with van der Waals surface area (Å²) >= 11 is 5.36. The molecule has 1 aromatic carbocycles. The topological polar surface area (TPSA) is 12.0 Å². The number of aryl methyl sites for hydroxylation is 2. The van der Waals surface area contributed by atoms with Crippen LogP contribution in [-0.2, 0) is 13.1 Å². The predicted octanol–water partition coefficient (Wildman–Crippen LogP) is 4.42. The quantitative estimate of drug-likeness (QED) is 0.881. The molecular formula is C14H16BrNS. The second-order valence-electron chi connectivity index (χ2n) is 4.17. The Labute approximate surface area is 115 Å². The lowest BCUT2D eigenvalue weighted by Gasteiger charge is -2.05. The van der Waals surface area contributed by atoms with Gasteiger partial charge in [-0.05, 0) is 43.2 Å².